The molecule has 3 N–H and O–H groups in total. The van der Waals surface area contributed by atoms with Gasteiger partial charge in [-0.15, -0.1) is 0 Å². The van der Waals surface area contributed by atoms with Gasteiger partial charge in [0.25, 0.3) is 0 Å². The van der Waals surface area contributed by atoms with E-state index in [0.29, 0.717) is 18.0 Å². The first-order valence-electron chi connectivity index (χ1n) is 7.10. The largest absolute Gasteiger partial charge is 0.495 e. The van der Waals surface area contributed by atoms with Crippen LogP contribution in [0.1, 0.15) is 19.8 Å². The molecular formula is C14H23N3O3S. The van der Waals surface area contributed by atoms with E-state index in [9.17, 15) is 8.42 Å². The minimum absolute atomic E-state index is 0.0817. The second kappa shape index (κ2) is 6.64. The van der Waals surface area contributed by atoms with Gasteiger partial charge in [0.1, 0.15) is 10.6 Å². The van der Waals surface area contributed by atoms with Gasteiger partial charge in [0.05, 0.1) is 7.11 Å². The van der Waals surface area contributed by atoms with Crippen LogP contribution in [0.3, 0.4) is 0 Å². The first-order chi connectivity index (χ1) is 9.92. The summed E-state index contributed by atoms with van der Waals surface area (Å²) in [5, 5.41) is 0. The van der Waals surface area contributed by atoms with Crippen molar-refractivity contribution in [3.8, 4) is 5.75 Å². The van der Waals surface area contributed by atoms with Crippen LogP contribution in [0.2, 0.25) is 0 Å². The van der Waals surface area contributed by atoms with Crippen molar-refractivity contribution in [1.82, 2.24) is 9.62 Å². The van der Waals surface area contributed by atoms with Crippen LogP contribution in [0.15, 0.2) is 23.1 Å². The Bertz CT molecular complexity index is 583. The molecule has 118 valence electrons. The van der Waals surface area contributed by atoms with Crippen molar-refractivity contribution in [2.45, 2.75) is 30.7 Å². The minimum Gasteiger partial charge on any atom is -0.495 e. The van der Waals surface area contributed by atoms with E-state index in [2.05, 4.69) is 9.62 Å². The number of nitrogens with one attached hydrogen (secondary N) is 1. The van der Waals surface area contributed by atoms with Crippen molar-refractivity contribution in [1.29, 1.82) is 0 Å². The van der Waals surface area contributed by atoms with Crippen LogP contribution >= 0.6 is 0 Å². The number of hydrogen-bond donors (Lipinski definition) is 2. The summed E-state index contributed by atoms with van der Waals surface area (Å²) in [7, 11) is -2.21. The Kier molecular flexibility index (Phi) is 5.08. The average Bonchev–Trinajstić information content (AvgIpc) is 2.90. The van der Waals surface area contributed by atoms with E-state index in [1.807, 2.05) is 6.92 Å². The number of methoxy groups -OCH3 is 1. The summed E-state index contributed by atoms with van der Waals surface area (Å²) in [5.74, 6) is 0.296. The highest BCUT2D eigenvalue weighted by Crippen LogP contribution is 2.26. The molecule has 1 unspecified atom stereocenters. The zero-order valence-corrected chi connectivity index (χ0v) is 13.3. The fraction of sp³-hybridized carbons (Fsp3) is 0.571. The molecule has 6 nitrogen and oxygen atoms in total. The number of ether oxygens (including phenoxy) is 1. The Morgan fingerprint density at radius 1 is 1.38 bits per heavy atom. The fourth-order valence-electron chi connectivity index (χ4n) is 2.62. The highest BCUT2D eigenvalue weighted by atomic mass is 32.2. The van der Waals surface area contributed by atoms with Crippen LogP contribution in [-0.2, 0) is 10.0 Å². The third-order valence-corrected chi connectivity index (χ3v) is 5.18. The van der Waals surface area contributed by atoms with Crippen LogP contribution in [0.5, 0.6) is 5.75 Å². The van der Waals surface area contributed by atoms with Gasteiger partial charge >= 0.3 is 0 Å². The number of nitrogen functional groups attached to an aromatic ring is 1. The van der Waals surface area contributed by atoms with E-state index in [1.165, 1.54) is 26.0 Å². The number of rotatable bonds is 6. The molecule has 1 atom stereocenters. The van der Waals surface area contributed by atoms with Crippen molar-refractivity contribution in [2.75, 3.05) is 32.5 Å². The van der Waals surface area contributed by atoms with Gasteiger partial charge < -0.3 is 15.4 Å². The van der Waals surface area contributed by atoms with Gasteiger partial charge in [-0.1, -0.05) is 0 Å². The maximum Gasteiger partial charge on any atom is 0.244 e. The molecule has 1 saturated heterocycles. The summed E-state index contributed by atoms with van der Waals surface area (Å²) in [6.07, 6.45) is 2.37. The van der Waals surface area contributed by atoms with Crippen molar-refractivity contribution >= 4 is 15.7 Å². The summed E-state index contributed by atoms with van der Waals surface area (Å²) in [4.78, 5) is 2.35. The molecule has 1 fully saturated rings. The quantitative estimate of drug-likeness (QED) is 0.767. The second-order valence-corrected chi connectivity index (χ2v) is 7.12. The lowest BCUT2D eigenvalue weighted by molar-refractivity contribution is 0.312. The molecule has 1 heterocycles. The number of anilines is 1. The Morgan fingerprint density at radius 2 is 2.05 bits per heavy atom. The molecule has 2 rings (SSSR count). The molecule has 0 bridgehead atoms. The van der Waals surface area contributed by atoms with Gasteiger partial charge in [-0.25, -0.2) is 13.1 Å². The van der Waals surface area contributed by atoms with Gasteiger partial charge in [0.2, 0.25) is 10.0 Å². The maximum atomic E-state index is 12.5. The number of nitrogens with zero attached hydrogens (tertiary/aromatic N) is 1. The molecule has 1 aromatic rings. The van der Waals surface area contributed by atoms with E-state index in [0.717, 1.165) is 13.1 Å². The van der Waals surface area contributed by atoms with E-state index in [4.69, 9.17) is 10.5 Å². The number of sulfonamides is 1. The van der Waals surface area contributed by atoms with Crippen LogP contribution in [0, 0.1) is 0 Å². The predicted molar refractivity (Wildman–Crippen MR) is 82.9 cm³/mol. The van der Waals surface area contributed by atoms with E-state index in [1.54, 1.807) is 12.1 Å². The number of hydrogen-bond acceptors (Lipinski definition) is 5. The van der Waals surface area contributed by atoms with Gasteiger partial charge in [-0.05, 0) is 51.1 Å². The minimum atomic E-state index is -3.65. The third-order valence-electron chi connectivity index (χ3n) is 3.56. The lowest BCUT2D eigenvalue weighted by Crippen LogP contribution is -2.41. The van der Waals surface area contributed by atoms with Crippen LogP contribution < -0.4 is 15.2 Å². The molecule has 0 amide bonds. The second-order valence-electron chi connectivity index (χ2n) is 5.44. The van der Waals surface area contributed by atoms with Crippen molar-refractivity contribution < 1.29 is 13.2 Å². The van der Waals surface area contributed by atoms with E-state index in [-0.39, 0.29) is 10.9 Å². The van der Waals surface area contributed by atoms with Gasteiger partial charge in [0, 0.05) is 18.3 Å². The normalized spacial score (nSPS) is 17.8. The third kappa shape index (κ3) is 4.09. The molecule has 1 aromatic carbocycles. The van der Waals surface area contributed by atoms with E-state index >= 15 is 0 Å². The summed E-state index contributed by atoms with van der Waals surface area (Å²) >= 11 is 0. The lowest BCUT2D eigenvalue weighted by Gasteiger charge is -2.21. The SMILES string of the molecule is COc1ccc(N)cc1S(=O)(=O)NC(C)CN1CCCC1. The molecule has 0 saturated carbocycles. The average molecular weight is 313 g/mol. The Hall–Kier alpha value is -1.31. The maximum absolute atomic E-state index is 12.5. The molecule has 0 aliphatic carbocycles. The van der Waals surface area contributed by atoms with Crippen LogP contribution in [0.4, 0.5) is 5.69 Å². The van der Waals surface area contributed by atoms with Crippen molar-refractivity contribution in [3.63, 3.8) is 0 Å². The molecule has 1 aliphatic heterocycles. The predicted octanol–water partition coefficient (Wildman–Crippen LogP) is 1.04. The number of nitrogens with two attached hydrogens (primary N) is 1. The monoisotopic (exact) mass is 313 g/mol. The molecule has 0 aromatic heterocycles. The van der Waals surface area contributed by atoms with Crippen LogP contribution in [-0.4, -0.2) is 46.1 Å². The Labute approximate surface area is 126 Å². The van der Waals surface area contributed by atoms with Gasteiger partial charge in [0.15, 0.2) is 0 Å². The Morgan fingerprint density at radius 3 is 2.67 bits per heavy atom. The first-order valence-corrected chi connectivity index (χ1v) is 8.59. The molecule has 7 heteroatoms. The molecule has 21 heavy (non-hydrogen) atoms. The van der Waals surface area contributed by atoms with Crippen LogP contribution in [0.25, 0.3) is 0 Å². The first kappa shape index (κ1) is 16.1. The van der Waals surface area contributed by atoms with Crippen molar-refractivity contribution in [3.05, 3.63) is 18.2 Å². The summed E-state index contributed by atoms with van der Waals surface area (Å²) in [5.41, 5.74) is 6.08. The standard InChI is InChI=1S/C14H23N3O3S/c1-11(10-17-7-3-4-8-17)16-21(18,19)14-9-12(15)5-6-13(14)20-2/h5-6,9,11,16H,3-4,7-8,10,15H2,1-2H3. The highest BCUT2D eigenvalue weighted by molar-refractivity contribution is 7.89. The summed E-state index contributed by atoms with van der Waals surface area (Å²) in [6, 6.07) is 4.43. The Balaban J connectivity index is 2.12. The zero-order valence-electron chi connectivity index (χ0n) is 12.5. The highest BCUT2D eigenvalue weighted by Gasteiger charge is 2.23. The van der Waals surface area contributed by atoms with Gasteiger partial charge in [-0.2, -0.15) is 0 Å². The molecule has 1 aliphatic rings. The fourth-order valence-corrected chi connectivity index (χ4v) is 4.06. The molecule has 0 spiro atoms. The summed E-state index contributed by atoms with van der Waals surface area (Å²) in [6.45, 7) is 4.65. The molecule has 0 radical (unpaired) electrons. The number of likely N-dealkylation sites (tertiary alicyclic amines) is 1. The lowest BCUT2D eigenvalue weighted by atomic mass is 10.3. The molecular weight excluding hydrogens is 290 g/mol. The smallest absolute Gasteiger partial charge is 0.244 e. The topological polar surface area (TPSA) is 84.7 Å². The van der Waals surface area contributed by atoms with E-state index < -0.39 is 10.0 Å². The van der Waals surface area contributed by atoms with Gasteiger partial charge in [-0.3, -0.25) is 0 Å². The summed E-state index contributed by atoms with van der Waals surface area (Å²) < 4.78 is 32.8. The zero-order chi connectivity index (χ0) is 15.5. The number of benzene rings is 1. The van der Waals surface area contributed by atoms with Crippen molar-refractivity contribution in [2.24, 2.45) is 0 Å².